The largest absolute Gasteiger partial charge is 0.744 e. The Labute approximate surface area is 384 Å². The molecule has 22 nitrogen and oxygen atoms in total. The van der Waals surface area contributed by atoms with Gasteiger partial charge in [0.05, 0.1) is 42.3 Å². The standard InChI is InChI=1S/C42H30N8O14S4/c43-31-19-27(65(53,54)55)15-23-17-35(67(59,60)61)39(41(51)37(23)31)49-46-26-11-7-22(8-12-26)21-5-9-25(10-6-21)45-47-33-13-14-34(30-4-2-1-3-29(30)33)48-50-40-36(68(62,63)64)18-24-16-28(66(56,57)58)20-32(44)38(24)42(40)52/h1-20,51-52H,43-44H2,(H,53,54,55)(H,56,57,58)(H,59,60,61)(H,62,63,64)/p-4. The van der Waals surface area contributed by atoms with Crippen molar-refractivity contribution in [1.82, 2.24) is 0 Å². The Kier molecular flexibility index (Phi) is 11.8. The van der Waals surface area contributed by atoms with Gasteiger partial charge in [-0.1, -0.05) is 48.5 Å². The highest BCUT2D eigenvalue weighted by molar-refractivity contribution is 7.86. The number of phenols is 2. The molecule has 0 aromatic heterocycles. The van der Waals surface area contributed by atoms with Crippen LogP contribution in [0.25, 0.3) is 43.4 Å². The second-order valence-electron chi connectivity index (χ2n) is 14.5. The molecule has 0 heterocycles. The van der Waals surface area contributed by atoms with Gasteiger partial charge in [0.2, 0.25) is 0 Å². The Bertz CT molecular complexity index is 4000. The topological polar surface area (TPSA) is 395 Å². The van der Waals surface area contributed by atoms with Crippen molar-refractivity contribution < 1.29 is 62.1 Å². The van der Waals surface area contributed by atoms with Crippen LogP contribution in [-0.4, -0.2) is 62.1 Å². The van der Waals surface area contributed by atoms with E-state index in [1.165, 1.54) is 18.2 Å². The lowest BCUT2D eigenvalue weighted by Gasteiger charge is -2.16. The highest BCUT2D eigenvalue weighted by atomic mass is 32.2. The van der Waals surface area contributed by atoms with Crippen molar-refractivity contribution in [2.75, 3.05) is 11.5 Å². The first kappa shape index (κ1) is 46.7. The summed E-state index contributed by atoms with van der Waals surface area (Å²) in [5.41, 5.74) is 12.0. The molecule has 0 saturated carbocycles. The molecule has 0 spiro atoms. The van der Waals surface area contributed by atoms with Crippen molar-refractivity contribution in [2.45, 2.75) is 19.6 Å². The summed E-state index contributed by atoms with van der Waals surface area (Å²) in [7, 11) is -20.8. The zero-order chi connectivity index (χ0) is 49.1. The number of aromatic hydroxyl groups is 2. The normalized spacial score (nSPS) is 12.9. The monoisotopic (exact) mass is 994 g/mol. The van der Waals surface area contributed by atoms with Crippen molar-refractivity contribution in [3.8, 4) is 22.6 Å². The van der Waals surface area contributed by atoms with Crippen LogP contribution in [0.3, 0.4) is 0 Å². The molecular formula is C42H26N8O14S4-4. The molecule has 0 unspecified atom stereocenters. The summed E-state index contributed by atoms with van der Waals surface area (Å²) in [5, 5.41) is 46.3. The summed E-state index contributed by atoms with van der Waals surface area (Å²) in [4.78, 5) is -3.73. The summed E-state index contributed by atoms with van der Waals surface area (Å²) >= 11 is 0. The number of nitrogens with two attached hydrogens (primary N) is 2. The zero-order valence-corrected chi connectivity index (χ0v) is 37.1. The van der Waals surface area contributed by atoms with E-state index in [2.05, 4.69) is 30.7 Å². The molecule has 8 aromatic carbocycles. The minimum Gasteiger partial charge on any atom is -0.744 e. The van der Waals surface area contributed by atoms with Gasteiger partial charge < -0.3 is 39.9 Å². The molecule has 0 saturated heterocycles. The van der Waals surface area contributed by atoms with Crippen LogP contribution < -0.4 is 11.5 Å². The number of fused-ring (bicyclic) bond motifs is 3. The first-order chi connectivity index (χ1) is 31.9. The summed E-state index contributed by atoms with van der Waals surface area (Å²) in [6.07, 6.45) is 0. The fourth-order valence-corrected chi connectivity index (χ4v) is 9.43. The predicted molar refractivity (Wildman–Crippen MR) is 240 cm³/mol. The number of hydrogen-bond donors (Lipinski definition) is 4. The first-order valence-electron chi connectivity index (χ1n) is 18.9. The third kappa shape index (κ3) is 9.28. The van der Waals surface area contributed by atoms with Gasteiger partial charge in [-0.25, -0.2) is 33.7 Å². The van der Waals surface area contributed by atoms with Gasteiger partial charge in [0, 0.05) is 32.9 Å². The van der Waals surface area contributed by atoms with E-state index in [9.17, 15) is 62.1 Å². The van der Waals surface area contributed by atoms with Gasteiger partial charge in [-0.2, -0.15) is 10.2 Å². The van der Waals surface area contributed by atoms with E-state index in [1.807, 2.05) is 0 Å². The van der Waals surface area contributed by atoms with Crippen LogP contribution in [0.1, 0.15) is 0 Å². The number of nitrogens with zero attached hydrogens (tertiary/aromatic N) is 6. The van der Waals surface area contributed by atoms with Crippen LogP contribution in [0.2, 0.25) is 0 Å². The average molecular weight is 995 g/mol. The Morgan fingerprint density at radius 2 is 0.765 bits per heavy atom. The van der Waals surface area contributed by atoms with Crippen LogP contribution in [0, 0.1) is 0 Å². The molecule has 0 aliphatic rings. The number of hydrogen-bond acceptors (Lipinski definition) is 22. The van der Waals surface area contributed by atoms with Gasteiger partial charge in [-0.3, -0.25) is 0 Å². The first-order valence-corrected chi connectivity index (χ1v) is 24.5. The molecule has 0 amide bonds. The van der Waals surface area contributed by atoms with E-state index in [-0.39, 0.29) is 32.9 Å². The molecule has 346 valence electrons. The van der Waals surface area contributed by atoms with Crippen molar-refractivity contribution >= 4 is 118 Å². The number of benzene rings is 8. The molecule has 68 heavy (non-hydrogen) atoms. The molecule has 0 bridgehead atoms. The van der Waals surface area contributed by atoms with E-state index >= 15 is 0 Å². The van der Waals surface area contributed by atoms with Gasteiger partial charge in [-0.15, -0.1) is 20.5 Å². The van der Waals surface area contributed by atoms with Crippen LogP contribution in [0.15, 0.2) is 172 Å². The van der Waals surface area contributed by atoms with Crippen molar-refractivity contribution in [1.29, 1.82) is 0 Å². The Balaban J connectivity index is 1.03. The lowest BCUT2D eigenvalue weighted by molar-refractivity contribution is 0.457. The molecule has 26 heteroatoms. The number of anilines is 2. The molecule has 8 aromatic rings. The SMILES string of the molecule is Nc1cc(S(=O)(=O)[O-])cc2cc(S(=O)(=O)[O-])c(N=Nc3ccc(-c4ccc(N=Nc5ccc(N=Nc6c(S(=O)(=O)[O-])cc7cc(S(=O)(=O)[O-])cc(N)c7c6O)c6ccccc56)cc4)cc3)c(O)c12. The maximum absolute atomic E-state index is 12.3. The fraction of sp³-hybridized carbons (Fsp3) is 0. The van der Waals surface area contributed by atoms with Crippen molar-refractivity contribution in [3.05, 3.63) is 121 Å². The van der Waals surface area contributed by atoms with Crippen molar-refractivity contribution in [3.63, 3.8) is 0 Å². The summed E-state index contributed by atoms with van der Waals surface area (Å²) in [5.74, 6) is -1.79. The minimum absolute atomic E-state index is 0.153. The highest BCUT2D eigenvalue weighted by Crippen LogP contribution is 2.46. The van der Waals surface area contributed by atoms with Crippen LogP contribution in [0.5, 0.6) is 11.5 Å². The smallest absolute Gasteiger partial charge is 0.154 e. The molecule has 8 rings (SSSR count). The molecule has 0 aliphatic carbocycles. The van der Waals surface area contributed by atoms with Crippen LogP contribution in [0.4, 0.5) is 45.5 Å². The maximum atomic E-state index is 12.3. The van der Waals surface area contributed by atoms with E-state index in [1.54, 1.807) is 66.7 Å². The van der Waals surface area contributed by atoms with E-state index in [0.717, 1.165) is 42.0 Å². The molecule has 0 fully saturated rings. The fourth-order valence-electron chi connectivity index (χ4n) is 7.05. The second-order valence-corrected chi connectivity index (χ2v) is 20.0. The van der Waals surface area contributed by atoms with Gasteiger partial charge in [0.1, 0.15) is 51.8 Å². The third-order valence-electron chi connectivity index (χ3n) is 10.2. The van der Waals surface area contributed by atoms with Gasteiger partial charge in [-0.05, 0) is 94.7 Å². The third-order valence-corrected chi connectivity index (χ3v) is 13.5. The zero-order valence-electron chi connectivity index (χ0n) is 33.8. The van der Waals surface area contributed by atoms with Crippen molar-refractivity contribution in [2.24, 2.45) is 30.7 Å². The summed E-state index contributed by atoms with van der Waals surface area (Å²) < 4.78 is 143. The Hall–Kier alpha value is -7.82. The number of rotatable bonds is 11. The molecule has 6 N–H and O–H groups in total. The van der Waals surface area contributed by atoms with Gasteiger partial charge in [0.15, 0.2) is 11.5 Å². The molecular weight excluding hydrogens is 969 g/mol. The lowest BCUT2D eigenvalue weighted by atomic mass is 10.1. The molecule has 0 atom stereocenters. The Morgan fingerprint density at radius 1 is 0.412 bits per heavy atom. The predicted octanol–water partition coefficient (Wildman–Crippen LogP) is 8.25. The van der Waals surface area contributed by atoms with Crippen LogP contribution >= 0.6 is 0 Å². The second kappa shape index (κ2) is 17.1. The number of phenolic OH excluding ortho intramolecular Hbond substituents is 2. The van der Waals surface area contributed by atoms with E-state index in [0.29, 0.717) is 27.7 Å². The summed E-state index contributed by atoms with van der Waals surface area (Å²) in [6, 6.07) is 27.5. The Morgan fingerprint density at radius 3 is 1.13 bits per heavy atom. The number of azo groups is 3. The number of nitrogen functional groups attached to an aromatic ring is 2. The average Bonchev–Trinajstić information content (AvgIpc) is 3.26. The van der Waals surface area contributed by atoms with Gasteiger partial charge >= 0.3 is 0 Å². The van der Waals surface area contributed by atoms with E-state index < -0.39 is 94.3 Å². The molecule has 0 aliphatic heterocycles. The summed E-state index contributed by atoms with van der Waals surface area (Å²) in [6.45, 7) is 0. The van der Waals surface area contributed by atoms with Gasteiger partial charge in [0.25, 0.3) is 0 Å². The van der Waals surface area contributed by atoms with E-state index in [4.69, 9.17) is 11.5 Å². The quantitative estimate of drug-likeness (QED) is 0.0538. The lowest BCUT2D eigenvalue weighted by Crippen LogP contribution is -2.03. The maximum Gasteiger partial charge on any atom is 0.154 e. The molecule has 0 radical (unpaired) electrons. The highest BCUT2D eigenvalue weighted by Gasteiger charge is 2.23. The van der Waals surface area contributed by atoms with Crippen LogP contribution in [-0.2, 0) is 40.5 Å². The minimum atomic E-state index is -5.36.